The van der Waals surface area contributed by atoms with E-state index >= 15 is 0 Å². The second kappa shape index (κ2) is 14.7. The molecule has 0 aliphatic carbocycles. The van der Waals surface area contributed by atoms with Gasteiger partial charge in [-0.1, -0.05) is 5.16 Å². The first kappa shape index (κ1) is 37.8. The molecule has 5 atom stereocenters. The lowest BCUT2D eigenvalue weighted by atomic mass is 9.84. The first-order valence-corrected chi connectivity index (χ1v) is 18.1. The highest BCUT2D eigenvalue weighted by molar-refractivity contribution is 7.80. The van der Waals surface area contributed by atoms with Gasteiger partial charge in [0.1, 0.15) is 23.3 Å². The SMILES string of the molecule is CC(O/N=C(\C(=O)N[C@@H]1C(=O)N(OS(=O)(=O)O)C1(C)C)c1csc(N)n1)(C(=O)O)[C@H]1CCc2cc(C(N)=NC[C@H]3CCN[C@@H](CO)C3)ccc2O1. The highest BCUT2D eigenvalue weighted by Gasteiger charge is 2.58. The van der Waals surface area contributed by atoms with Crippen molar-refractivity contribution in [1.82, 2.24) is 20.7 Å². The van der Waals surface area contributed by atoms with Gasteiger partial charge in [-0.25, -0.2) is 9.78 Å². The van der Waals surface area contributed by atoms with E-state index in [2.05, 4.69) is 30.0 Å². The molecule has 1 aromatic heterocycles. The summed E-state index contributed by atoms with van der Waals surface area (Å²) >= 11 is 0.961. The Kier molecular flexibility index (Phi) is 10.9. The normalized spacial score (nSPS) is 24.8. The molecule has 0 spiro atoms. The summed E-state index contributed by atoms with van der Waals surface area (Å²) in [6.07, 6.45) is 1.23. The molecule has 3 aliphatic rings. The van der Waals surface area contributed by atoms with E-state index in [1.54, 1.807) is 12.1 Å². The molecule has 2 fully saturated rings. The van der Waals surface area contributed by atoms with Crippen molar-refractivity contribution in [3.63, 3.8) is 0 Å². The number of β-lactam (4-membered cyclic amide) rings is 1. The molecule has 4 heterocycles. The predicted octanol–water partition coefficient (Wildman–Crippen LogP) is -0.411. The summed E-state index contributed by atoms with van der Waals surface area (Å²) in [7, 11) is -5.03. The van der Waals surface area contributed by atoms with Crippen LogP contribution < -0.4 is 26.8 Å². The van der Waals surface area contributed by atoms with Gasteiger partial charge in [-0.3, -0.25) is 19.1 Å². The number of nitrogens with two attached hydrogens (primary N) is 2. The maximum atomic E-state index is 13.5. The Morgan fingerprint density at radius 3 is 2.69 bits per heavy atom. The monoisotopic (exact) mass is 752 g/mol. The molecule has 2 aromatic rings. The average Bonchev–Trinajstić information content (AvgIpc) is 3.52. The first-order valence-electron chi connectivity index (χ1n) is 15.9. The number of aliphatic carboxylic acids is 1. The van der Waals surface area contributed by atoms with E-state index in [4.69, 9.17) is 25.6 Å². The number of carboxylic acid groups (broad SMARTS) is 1. The number of nitrogens with zero attached hydrogens (tertiary/aromatic N) is 4. The van der Waals surface area contributed by atoms with Crippen LogP contribution in [0.2, 0.25) is 0 Å². The van der Waals surface area contributed by atoms with Crippen molar-refractivity contribution in [3.05, 3.63) is 40.4 Å². The number of ether oxygens (including phenoxy) is 1. The number of carboxylic acids is 1. The van der Waals surface area contributed by atoms with Crippen LogP contribution in [0.3, 0.4) is 0 Å². The number of hydrogen-bond donors (Lipinski definition) is 7. The van der Waals surface area contributed by atoms with E-state index in [1.165, 1.54) is 26.2 Å². The number of piperidine rings is 1. The number of nitrogen functional groups attached to an aromatic ring is 1. The third-order valence-corrected chi connectivity index (χ3v) is 10.1. The van der Waals surface area contributed by atoms with E-state index in [0.29, 0.717) is 41.1 Å². The number of carbonyl (C=O) groups excluding carboxylic acids is 2. The standard InChI is InChI=1S/C30H40N8O11S2/c1-29(2)23(26(41)38(29)49-51(44,45)46)36-25(40)22(19-14-50-28(32)35-19)37-48-30(3,27(42)43)21-7-5-16-11-17(4-6-20(16)47-21)24(31)34-12-15-8-9-33-18(10-15)13-39/h4,6,11,14-15,18,21,23,33,39H,5,7-10,12-13H2,1-3H3,(H2,31,34)(H2,32,35)(H,36,40)(H,42,43)(H,44,45,46)/b37-22-/t15-,18+,21+,23+,30?/m0/s1. The summed E-state index contributed by atoms with van der Waals surface area (Å²) in [4.78, 5) is 53.0. The van der Waals surface area contributed by atoms with Gasteiger partial charge in [-0.05, 0) is 82.7 Å². The van der Waals surface area contributed by atoms with Crippen molar-refractivity contribution in [2.45, 2.75) is 75.8 Å². The molecule has 2 amide bonds. The number of amides is 2. The minimum absolute atomic E-state index is 0.0465. The van der Waals surface area contributed by atoms with E-state index in [9.17, 15) is 33.0 Å². The van der Waals surface area contributed by atoms with Crippen molar-refractivity contribution in [3.8, 4) is 5.75 Å². The zero-order valence-corrected chi connectivity index (χ0v) is 29.6. The molecule has 5 rings (SSSR count). The Morgan fingerprint density at radius 1 is 1.31 bits per heavy atom. The molecular weight excluding hydrogens is 713 g/mol. The van der Waals surface area contributed by atoms with Crippen molar-refractivity contribution in [1.29, 1.82) is 0 Å². The summed E-state index contributed by atoms with van der Waals surface area (Å²) in [5, 5.41) is 31.1. The summed E-state index contributed by atoms with van der Waals surface area (Å²) < 4.78 is 41.8. The van der Waals surface area contributed by atoms with Gasteiger partial charge >= 0.3 is 16.4 Å². The number of nitrogens with one attached hydrogen (secondary N) is 2. The second-order valence-corrected chi connectivity index (χ2v) is 15.0. The Morgan fingerprint density at radius 2 is 2.06 bits per heavy atom. The van der Waals surface area contributed by atoms with E-state index in [1.807, 2.05) is 6.07 Å². The smallest absolute Gasteiger partial charge is 0.418 e. The number of carbonyl (C=O) groups is 3. The summed E-state index contributed by atoms with van der Waals surface area (Å²) in [6.45, 7) is 5.37. The first-order chi connectivity index (χ1) is 23.9. The van der Waals surface area contributed by atoms with Gasteiger partial charge in [-0.2, -0.15) is 13.5 Å². The molecule has 9 N–H and O–H groups in total. The highest BCUT2D eigenvalue weighted by Crippen LogP contribution is 2.35. The summed E-state index contributed by atoms with van der Waals surface area (Å²) in [5.41, 5.74) is 9.35. The van der Waals surface area contributed by atoms with Crippen LogP contribution in [-0.2, 0) is 40.3 Å². The number of amidine groups is 1. The Bertz CT molecular complexity index is 1850. The number of aliphatic hydroxyl groups excluding tert-OH is 1. The van der Waals surface area contributed by atoms with Crippen molar-refractivity contribution in [2.24, 2.45) is 21.8 Å². The molecule has 278 valence electrons. The minimum atomic E-state index is -5.03. The number of oxime groups is 1. The van der Waals surface area contributed by atoms with Crippen LogP contribution >= 0.6 is 11.3 Å². The predicted molar refractivity (Wildman–Crippen MR) is 182 cm³/mol. The maximum Gasteiger partial charge on any atom is 0.418 e. The molecule has 2 saturated heterocycles. The van der Waals surface area contributed by atoms with Crippen LogP contribution in [0.4, 0.5) is 5.13 Å². The molecule has 0 bridgehead atoms. The molecule has 19 nitrogen and oxygen atoms in total. The van der Waals surface area contributed by atoms with Crippen LogP contribution in [0.25, 0.3) is 0 Å². The van der Waals surface area contributed by atoms with Gasteiger partial charge in [0.2, 0.25) is 0 Å². The van der Waals surface area contributed by atoms with Crippen LogP contribution in [0.1, 0.15) is 56.9 Å². The number of anilines is 1. The lowest BCUT2D eigenvalue weighted by molar-refractivity contribution is -0.218. The zero-order chi connectivity index (χ0) is 37.3. The summed E-state index contributed by atoms with van der Waals surface area (Å²) in [6, 6.07) is 3.92. The molecule has 3 aliphatic heterocycles. The van der Waals surface area contributed by atoms with Crippen molar-refractivity contribution >= 4 is 56.2 Å². The van der Waals surface area contributed by atoms with Crippen LogP contribution in [0, 0.1) is 5.92 Å². The number of benzene rings is 1. The van der Waals surface area contributed by atoms with Gasteiger partial charge in [0, 0.05) is 23.5 Å². The maximum absolute atomic E-state index is 13.5. The van der Waals surface area contributed by atoms with Gasteiger partial charge in [0.25, 0.3) is 17.4 Å². The molecular formula is C30H40N8O11S2. The molecule has 21 heteroatoms. The Balaban J connectivity index is 1.31. The van der Waals surface area contributed by atoms with Gasteiger partial charge in [0.15, 0.2) is 16.9 Å². The summed E-state index contributed by atoms with van der Waals surface area (Å²) in [5.74, 6) is -2.42. The minimum Gasteiger partial charge on any atom is -0.485 e. The lowest BCUT2D eigenvalue weighted by Gasteiger charge is -2.50. The van der Waals surface area contributed by atoms with Crippen LogP contribution in [0.15, 0.2) is 33.7 Å². The molecule has 0 saturated carbocycles. The number of aromatic nitrogens is 1. The van der Waals surface area contributed by atoms with E-state index in [0.717, 1.165) is 36.3 Å². The Labute approximate surface area is 296 Å². The number of aliphatic imine (C=N–C) groups is 1. The molecule has 0 radical (unpaired) electrons. The topological polar surface area (TPSA) is 291 Å². The Hall–Kier alpha value is -4.41. The van der Waals surface area contributed by atoms with Gasteiger partial charge < -0.3 is 41.9 Å². The largest absolute Gasteiger partial charge is 0.485 e. The third kappa shape index (κ3) is 8.23. The number of thiazole rings is 1. The number of hydrogen-bond acceptors (Lipinski definition) is 15. The lowest BCUT2D eigenvalue weighted by Crippen LogP contribution is -2.76. The van der Waals surface area contributed by atoms with Crippen molar-refractivity contribution < 1.29 is 51.4 Å². The quantitative estimate of drug-likeness (QED) is 0.0450. The zero-order valence-electron chi connectivity index (χ0n) is 27.9. The number of aryl methyl sites for hydroxylation is 1. The molecule has 51 heavy (non-hydrogen) atoms. The molecule has 1 unspecified atom stereocenters. The average molecular weight is 753 g/mol. The number of hydroxylamine groups is 2. The number of rotatable bonds is 13. The van der Waals surface area contributed by atoms with E-state index < -0.39 is 57.2 Å². The van der Waals surface area contributed by atoms with Crippen LogP contribution in [0.5, 0.6) is 5.75 Å². The second-order valence-electron chi connectivity index (χ2n) is 13.1. The fraction of sp³-hybridized carbons (Fsp3) is 0.533. The third-order valence-electron chi connectivity index (χ3n) is 9.11. The number of fused-ring (bicyclic) bond motifs is 1. The fourth-order valence-corrected chi connectivity index (χ4v) is 7.05. The number of aliphatic hydroxyl groups is 1. The van der Waals surface area contributed by atoms with Crippen LogP contribution in [-0.4, -0.2) is 112 Å². The van der Waals surface area contributed by atoms with Gasteiger partial charge in [-0.15, -0.1) is 15.6 Å². The highest BCUT2D eigenvalue weighted by atomic mass is 32.3. The molecule has 1 aromatic carbocycles. The van der Waals surface area contributed by atoms with E-state index in [-0.39, 0.29) is 29.9 Å². The fourth-order valence-electron chi connectivity index (χ4n) is 6.05. The van der Waals surface area contributed by atoms with Gasteiger partial charge in [0.05, 0.1) is 12.1 Å². The van der Waals surface area contributed by atoms with Crippen molar-refractivity contribution in [2.75, 3.05) is 25.4 Å².